The molecule has 0 atom stereocenters. The second-order valence-corrected chi connectivity index (χ2v) is 7.37. The predicted molar refractivity (Wildman–Crippen MR) is 113 cm³/mol. The minimum absolute atomic E-state index is 0.0148. The van der Waals surface area contributed by atoms with Crippen molar-refractivity contribution in [3.05, 3.63) is 80.8 Å². The van der Waals surface area contributed by atoms with Crippen LogP contribution in [0.4, 0.5) is 10.5 Å². The molecule has 1 aliphatic heterocycles. The predicted octanol–water partition coefficient (Wildman–Crippen LogP) is 4.27. The number of nitrogens with zero attached hydrogens (tertiary/aromatic N) is 2. The van der Waals surface area contributed by atoms with Crippen LogP contribution in [0.3, 0.4) is 0 Å². The van der Waals surface area contributed by atoms with Crippen LogP contribution in [0, 0.1) is 10.1 Å². The number of para-hydroxylation sites is 1. The third-order valence-corrected chi connectivity index (χ3v) is 5.36. The maximum atomic E-state index is 12.8. The van der Waals surface area contributed by atoms with E-state index in [4.69, 9.17) is 4.74 Å². The van der Waals surface area contributed by atoms with Gasteiger partial charge in [0.25, 0.3) is 16.8 Å². The van der Waals surface area contributed by atoms with Gasteiger partial charge < -0.3 is 9.84 Å². The summed E-state index contributed by atoms with van der Waals surface area (Å²) < 4.78 is 5.17. The van der Waals surface area contributed by atoms with E-state index in [0.717, 1.165) is 16.7 Å². The molecule has 154 valence electrons. The maximum Gasteiger partial charge on any atom is 0.293 e. The molecule has 0 bridgehead atoms. The van der Waals surface area contributed by atoms with E-state index >= 15 is 0 Å². The number of hydrogen-bond donors (Lipinski definition) is 1. The molecule has 3 rings (SSSR count). The number of phenols is 1. The first kappa shape index (κ1) is 21.1. The number of nitro groups is 1. The number of carbonyl (C=O) groups excluding carboxylic acids is 2. The van der Waals surface area contributed by atoms with Crippen molar-refractivity contribution in [3.63, 3.8) is 0 Å². The van der Waals surface area contributed by atoms with Gasteiger partial charge in [0.1, 0.15) is 0 Å². The molecule has 0 spiro atoms. The summed E-state index contributed by atoms with van der Waals surface area (Å²) in [6, 6.07) is 9.20. The Bertz CT molecular complexity index is 1080. The number of benzene rings is 2. The Morgan fingerprint density at radius 2 is 2.00 bits per heavy atom. The van der Waals surface area contributed by atoms with Crippen molar-refractivity contribution in [1.82, 2.24) is 4.90 Å². The Kier molecular flexibility index (Phi) is 6.22. The zero-order valence-corrected chi connectivity index (χ0v) is 16.8. The molecule has 0 saturated carbocycles. The number of methoxy groups -OCH3 is 1. The van der Waals surface area contributed by atoms with E-state index in [9.17, 15) is 24.8 Å². The number of allylic oxidation sites excluding steroid dienone is 1. The van der Waals surface area contributed by atoms with Gasteiger partial charge in [-0.05, 0) is 42.0 Å². The number of imide groups is 1. The zero-order chi connectivity index (χ0) is 21.8. The Morgan fingerprint density at radius 3 is 2.67 bits per heavy atom. The SMILES string of the molecule is C=CCc1cc(/C=C2\SC(=O)N(Cc3ccccc3[N+](=O)[O-])C2=O)cc(OC)c1O. The number of hydrogen-bond acceptors (Lipinski definition) is 7. The van der Waals surface area contributed by atoms with Crippen molar-refractivity contribution < 1.29 is 24.4 Å². The van der Waals surface area contributed by atoms with Gasteiger partial charge in [-0.25, -0.2) is 0 Å². The van der Waals surface area contributed by atoms with Crippen molar-refractivity contribution in [2.24, 2.45) is 0 Å². The van der Waals surface area contributed by atoms with Crippen LogP contribution < -0.4 is 4.74 Å². The van der Waals surface area contributed by atoms with Crippen LogP contribution in [0.1, 0.15) is 16.7 Å². The number of phenolic OH excluding ortho intramolecular Hbond substituents is 1. The van der Waals surface area contributed by atoms with E-state index in [0.29, 0.717) is 17.5 Å². The molecule has 30 heavy (non-hydrogen) atoms. The topological polar surface area (TPSA) is 110 Å². The maximum absolute atomic E-state index is 12.8. The van der Waals surface area contributed by atoms with Gasteiger partial charge in [-0.15, -0.1) is 6.58 Å². The summed E-state index contributed by atoms with van der Waals surface area (Å²) in [4.78, 5) is 37.0. The van der Waals surface area contributed by atoms with Gasteiger partial charge in [0.15, 0.2) is 11.5 Å². The molecule has 0 aromatic heterocycles. The van der Waals surface area contributed by atoms with Gasteiger partial charge in [-0.2, -0.15) is 0 Å². The number of amides is 2. The van der Waals surface area contributed by atoms with E-state index in [1.165, 1.54) is 31.4 Å². The first-order valence-corrected chi connectivity index (χ1v) is 9.65. The van der Waals surface area contributed by atoms with E-state index in [1.54, 1.807) is 24.3 Å². The number of aromatic hydroxyl groups is 1. The average molecular weight is 426 g/mol. The van der Waals surface area contributed by atoms with Crippen molar-refractivity contribution in [3.8, 4) is 11.5 Å². The largest absolute Gasteiger partial charge is 0.504 e. The Balaban J connectivity index is 1.91. The molecule has 1 fully saturated rings. The summed E-state index contributed by atoms with van der Waals surface area (Å²) in [5, 5.41) is 20.9. The van der Waals surface area contributed by atoms with Crippen molar-refractivity contribution >= 4 is 34.7 Å². The minimum Gasteiger partial charge on any atom is -0.504 e. The quantitative estimate of drug-likeness (QED) is 0.305. The highest BCUT2D eigenvalue weighted by atomic mass is 32.2. The summed E-state index contributed by atoms with van der Waals surface area (Å²) in [7, 11) is 1.41. The van der Waals surface area contributed by atoms with E-state index in [-0.39, 0.29) is 34.2 Å². The van der Waals surface area contributed by atoms with E-state index < -0.39 is 16.1 Å². The smallest absolute Gasteiger partial charge is 0.293 e. The molecule has 2 aromatic carbocycles. The second-order valence-electron chi connectivity index (χ2n) is 6.38. The second kappa shape index (κ2) is 8.83. The summed E-state index contributed by atoms with van der Waals surface area (Å²) >= 11 is 0.752. The summed E-state index contributed by atoms with van der Waals surface area (Å²) in [5.74, 6) is -0.320. The third kappa shape index (κ3) is 4.20. The summed E-state index contributed by atoms with van der Waals surface area (Å²) in [6.07, 6.45) is 3.54. The average Bonchev–Trinajstić information content (AvgIpc) is 2.98. The molecule has 1 aliphatic rings. The standard InChI is InChI=1S/C21H18N2O6S/c1-3-6-14-9-13(10-17(29-2)19(14)24)11-18-20(25)22(21(26)30-18)12-15-7-4-5-8-16(15)23(27)28/h3-5,7-11,24H,1,6,12H2,2H3/b18-11-. The molecule has 1 N–H and O–H groups in total. The van der Waals surface area contributed by atoms with Crippen molar-refractivity contribution in [1.29, 1.82) is 0 Å². The van der Waals surface area contributed by atoms with Gasteiger partial charge in [-0.1, -0.05) is 24.3 Å². The molecule has 0 unspecified atom stereocenters. The zero-order valence-electron chi connectivity index (χ0n) is 16.0. The fraction of sp³-hybridized carbons (Fsp3) is 0.143. The number of ether oxygens (including phenoxy) is 1. The lowest BCUT2D eigenvalue weighted by Crippen LogP contribution is -2.27. The van der Waals surface area contributed by atoms with Crippen LogP contribution in [-0.2, 0) is 17.8 Å². The molecule has 0 aliphatic carbocycles. The number of carbonyl (C=O) groups is 2. The molecule has 1 heterocycles. The van der Waals surface area contributed by atoms with Crippen molar-refractivity contribution in [2.75, 3.05) is 7.11 Å². The lowest BCUT2D eigenvalue weighted by molar-refractivity contribution is -0.385. The first-order valence-electron chi connectivity index (χ1n) is 8.84. The minimum atomic E-state index is -0.548. The molecular weight excluding hydrogens is 408 g/mol. The summed E-state index contributed by atoms with van der Waals surface area (Å²) in [6.45, 7) is 3.46. The van der Waals surface area contributed by atoms with Gasteiger partial charge in [-0.3, -0.25) is 24.6 Å². The highest BCUT2D eigenvalue weighted by Gasteiger charge is 2.36. The first-order chi connectivity index (χ1) is 14.3. The third-order valence-electron chi connectivity index (χ3n) is 4.45. The number of nitro benzene ring substituents is 1. The Hall–Kier alpha value is -3.59. The normalized spacial score (nSPS) is 15.0. The molecule has 2 aromatic rings. The van der Waals surface area contributed by atoms with E-state index in [1.807, 2.05) is 0 Å². The van der Waals surface area contributed by atoms with Crippen LogP contribution in [-0.4, -0.2) is 33.2 Å². The monoisotopic (exact) mass is 426 g/mol. The number of rotatable bonds is 7. The van der Waals surface area contributed by atoms with Crippen LogP contribution in [0.15, 0.2) is 54.0 Å². The Labute approximate surface area is 176 Å². The highest BCUT2D eigenvalue weighted by molar-refractivity contribution is 8.18. The lowest BCUT2D eigenvalue weighted by atomic mass is 10.1. The fourth-order valence-electron chi connectivity index (χ4n) is 3.02. The van der Waals surface area contributed by atoms with Gasteiger partial charge in [0, 0.05) is 17.2 Å². The van der Waals surface area contributed by atoms with Crippen LogP contribution in [0.5, 0.6) is 11.5 Å². The molecule has 0 radical (unpaired) electrons. The molecule has 1 saturated heterocycles. The molecule has 8 nitrogen and oxygen atoms in total. The van der Waals surface area contributed by atoms with Gasteiger partial charge in [0.05, 0.1) is 23.5 Å². The van der Waals surface area contributed by atoms with Crippen molar-refractivity contribution in [2.45, 2.75) is 13.0 Å². The van der Waals surface area contributed by atoms with Gasteiger partial charge in [0.2, 0.25) is 0 Å². The fourth-order valence-corrected chi connectivity index (χ4v) is 3.86. The van der Waals surface area contributed by atoms with Crippen LogP contribution in [0.25, 0.3) is 6.08 Å². The highest BCUT2D eigenvalue weighted by Crippen LogP contribution is 2.37. The van der Waals surface area contributed by atoms with Crippen LogP contribution >= 0.6 is 11.8 Å². The van der Waals surface area contributed by atoms with Crippen LogP contribution in [0.2, 0.25) is 0 Å². The Morgan fingerprint density at radius 1 is 1.27 bits per heavy atom. The molecular formula is C21H18N2O6S. The lowest BCUT2D eigenvalue weighted by Gasteiger charge is -2.12. The number of thioether (sulfide) groups is 1. The molecule has 9 heteroatoms. The molecule has 2 amide bonds. The van der Waals surface area contributed by atoms with Gasteiger partial charge >= 0.3 is 0 Å². The summed E-state index contributed by atoms with van der Waals surface area (Å²) in [5.41, 5.74) is 1.25. The van der Waals surface area contributed by atoms with E-state index in [2.05, 4.69) is 6.58 Å².